The van der Waals surface area contributed by atoms with Gasteiger partial charge in [0.1, 0.15) is 5.75 Å². The number of ether oxygens (including phenoxy) is 1. The van der Waals surface area contributed by atoms with Crippen LogP contribution in [0.5, 0.6) is 5.75 Å². The second-order valence-corrected chi connectivity index (χ2v) is 8.66. The van der Waals surface area contributed by atoms with Gasteiger partial charge >= 0.3 is 0 Å². The van der Waals surface area contributed by atoms with Crippen LogP contribution in [0.1, 0.15) is 18.4 Å². The number of hydrogen-bond donors (Lipinski definition) is 2. The van der Waals surface area contributed by atoms with Crippen LogP contribution in [-0.2, 0) is 11.2 Å². The SMILES string of the molecule is COc1ccccc1-c1ccc(N2CCC[C@@H](C(=O)NCCc3c[nH]c4ccccc34)C2)nn1. The third-order valence-corrected chi connectivity index (χ3v) is 6.52. The lowest BCUT2D eigenvalue weighted by Gasteiger charge is -2.32. The molecule has 34 heavy (non-hydrogen) atoms. The molecule has 1 saturated heterocycles. The van der Waals surface area contributed by atoms with Crippen molar-refractivity contribution in [2.45, 2.75) is 19.3 Å². The van der Waals surface area contributed by atoms with E-state index in [1.54, 1.807) is 7.11 Å². The fourth-order valence-corrected chi connectivity index (χ4v) is 4.70. The van der Waals surface area contributed by atoms with Gasteiger partial charge < -0.3 is 19.9 Å². The molecule has 1 aliphatic heterocycles. The van der Waals surface area contributed by atoms with Crippen molar-refractivity contribution in [2.24, 2.45) is 5.92 Å². The van der Waals surface area contributed by atoms with Crippen LogP contribution >= 0.6 is 0 Å². The lowest BCUT2D eigenvalue weighted by Crippen LogP contribution is -2.43. The molecule has 0 radical (unpaired) electrons. The average molecular weight is 456 g/mol. The summed E-state index contributed by atoms with van der Waals surface area (Å²) in [5, 5.41) is 13.2. The molecule has 0 aliphatic carbocycles. The quantitative estimate of drug-likeness (QED) is 0.436. The Kier molecular flexibility index (Phi) is 6.42. The van der Waals surface area contributed by atoms with Gasteiger partial charge in [0, 0.05) is 42.3 Å². The monoisotopic (exact) mass is 455 g/mol. The number of methoxy groups -OCH3 is 1. The number of benzene rings is 2. The number of nitrogens with one attached hydrogen (secondary N) is 2. The molecule has 1 aliphatic rings. The van der Waals surface area contributed by atoms with Crippen LogP contribution in [0.4, 0.5) is 5.82 Å². The Hall–Kier alpha value is -3.87. The second kappa shape index (κ2) is 9.95. The van der Waals surface area contributed by atoms with Gasteiger partial charge in [0.25, 0.3) is 0 Å². The first kappa shape index (κ1) is 21.9. The van der Waals surface area contributed by atoms with E-state index < -0.39 is 0 Å². The maximum atomic E-state index is 12.9. The number of fused-ring (bicyclic) bond motifs is 1. The van der Waals surface area contributed by atoms with Gasteiger partial charge in [-0.3, -0.25) is 4.79 Å². The molecule has 1 atom stereocenters. The van der Waals surface area contributed by atoms with Gasteiger partial charge in [0.05, 0.1) is 18.7 Å². The number of carbonyl (C=O) groups is 1. The van der Waals surface area contributed by atoms with Gasteiger partial charge in [0.2, 0.25) is 5.91 Å². The van der Waals surface area contributed by atoms with Gasteiger partial charge in [-0.05, 0) is 55.2 Å². The van der Waals surface area contributed by atoms with Crippen molar-refractivity contribution in [2.75, 3.05) is 31.6 Å². The Morgan fingerprint density at radius 3 is 2.82 bits per heavy atom. The Morgan fingerprint density at radius 2 is 1.97 bits per heavy atom. The minimum atomic E-state index is -0.0487. The molecule has 0 unspecified atom stereocenters. The topological polar surface area (TPSA) is 83.1 Å². The van der Waals surface area contributed by atoms with Crippen molar-refractivity contribution >= 4 is 22.6 Å². The van der Waals surface area contributed by atoms with Crippen molar-refractivity contribution in [3.63, 3.8) is 0 Å². The van der Waals surface area contributed by atoms with Crippen LogP contribution in [0, 0.1) is 5.92 Å². The standard InChI is InChI=1S/C27H29N5O2/c1-34-25-11-5-3-9-22(25)24-12-13-26(31-30-24)32-16-6-7-20(18-32)27(33)28-15-14-19-17-29-23-10-4-2-8-21(19)23/h2-5,8-13,17,20,29H,6-7,14-16,18H2,1H3,(H,28,33)/t20-/m1/s1. The zero-order chi connectivity index (χ0) is 23.3. The molecular weight excluding hydrogens is 426 g/mol. The molecule has 1 fully saturated rings. The number of nitrogens with zero attached hydrogens (tertiary/aromatic N) is 3. The van der Waals surface area contributed by atoms with Crippen LogP contribution in [0.2, 0.25) is 0 Å². The number of hydrogen-bond acceptors (Lipinski definition) is 5. The highest BCUT2D eigenvalue weighted by Gasteiger charge is 2.26. The minimum absolute atomic E-state index is 0.0487. The molecule has 1 amide bonds. The number of amides is 1. The Balaban J connectivity index is 1.18. The Labute approximate surface area is 199 Å². The maximum Gasteiger partial charge on any atom is 0.224 e. The number of para-hydroxylation sites is 2. The van der Waals surface area contributed by atoms with Crippen LogP contribution in [0.3, 0.4) is 0 Å². The molecule has 7 nitrogen and oxygen atoms in total. The van der Waals surface area contributed by atoms with E-state index in [1.807, 2.05) is 54.7 Å². The molecular formula is C27H29N5O2. The summed E-state index contributed by atoms with van der Waals surface area (Å²) in [6.07, 6.45) is 4.69. The zero-order valence-electron chi connectivity index (χ0n) is 19.3. The number of carbonyl (C=O) groups excluding carboxylic acids is 1. The molecule has 174 valence electrons. The largest absolute Gasteiger partial charge is 0.496 e. The number of H-pyrrole nitrogens is 1. The van der Waals surface area contributed by atoms with Crippen molar-refractivity contribution < 1.29 is 9.53 Å². The number of anilines is 1. The summed E-state index contributed by atoms with van der Waals surface area (Å²) in [7, 11) is 1.65. The smallest absolute Gasteiger partial charge is 0.224 e. The molecule has 0 spiro atoms. The van der Waals surface area contributed by atoms with E-state index in [0.29, 0.717) is 13.1 Å². The van der Waals surface area contributed by atoms with Crippen LogP contribution < -0.4 is 15.0 Å². The predicted molar refractivity (Wildman–Crippen MR) is 134 cm³/mol. The van der Waals surface area contributed by atoms with E-state index in [9.17, 15) is 4.79 Å². The molecule has 2 aromatic heterocycles. The maximum absolute atomic E-state index is 12.9. The van der Waals surface area contributed by atoms with Crippen molar-refractivity contribution in [1.82, 2.24) is 20.5 Å². The van der Waals surface area contributed by atoms with Crippen LogP contribution in [0.25, 0.3) is 22.2 Å². The first-order valence-corrected chi connectivity index (χ1v) is 11.8. The Bertz CT molecular complexity index is 1270. The molecule has 5 rings (SSSR count). The summed E-state index contributed by atoms with van der Waals surface area (Å²) in [5.41, 5.74) is 4.04. The first-order chi connectivity index (χ1) is 16.7. The second-order valence-electron chi connectivity index (χ2n) is 8.66. The summed E-state index contributed by atoms with van der Waals surface area (Å²) in [5.74, 6) is 1.64. The molecule has 0 saturated carbocycles. The van der Waals surface area contributed by atoms with E-state index in [2.05, 4.69) is 37.5 Å². The van der Waals surface area contributed by atoms with Crippen LogP contribution in [-0.4, -0.2) is 47.8 Å². The van der Waals surface area contributed by atoms with E-state index in [-0.39, 0.29) is 11.8 Å². The van der Waals surface area contributed by atoms with E-state index in [4.69, 9.17) is 4.74 Å². The lowest BCUT2D eigenvalue weighted by molar-refractivity contribution is -0.125. The Morgan fingerprint density at radius 1 is 1.12 bits per heavy atom. The van der Waals surface area contributed by atoms with E-state index >= 15 is 0 Å². The normalized spacial score (nSPS) is 15.9. The summed E-state index contributed by atoms with van der Waals surface area (Å²) in [4.78, 5) is 18.3. The number of aromatic amines is 1. The van der Waals surface area contributed by atoms with Gasteiger partial charge in [0.15, 0.2) is 5.82 Å². The third-order valence-electron chi connectivity index (χ3n) is 6.52. The summed E-state index contributed by atoms with van der Waals surface area (Å²) in [6, 6.07) is 20.0. The fourth-order valence-electron chi connectivity index (χ4n) is 4.70. The molecule has 2 aromatic carbocycles. The number of rotatable bonds is 7. The number of piperidine rings is 1. The first-order valence-electron chi connectivity index (χ1n) is 11.8. The highest BCUT2D eigenvalue weighted by Crippen LogP contribution is 2.29. The number of aromatic nitrogens is 3. The van der Waals surface area contributed by atoms with Crippen LogP contribution in [0.15, 0.2) is 66.9 Å². The summed E-state index contributed by atoms with van der Waals surface area (Å²) >= 11 is 0. The molecule has 0 bridgehead atoms. The predicted octanol–water partition coefficient (Wildman–Crippen LogP) is 4.21. The highest BCUT2D eigenvalue weighted by molar-refractivity contribution is 5.83. The third kappa shape index (κ3) is 4.59. The van der Waals surface area contributed by atoms with Gasteiger partial charge in [-0.1, -0.05) is 30.3 Å². The highest BCUT2D eigenvalue weighted by atomic mass is 16.5. The van der Waals surface area contributed by atoms with Gasteiger partial charge in [-0.25, -0.2) is 0 Å². The van der Waals surface area contributed by atoms with Gasteiger partial charge in [-0.15, -0.1) is 10.2 Å². The average Bonchev–Trinajstić information content (AvgIpc) is 3.32. The molecule has 3 heterocycles. The van der Waals surface area contributed by atoms with Crippen molar-refractivity contribution in [3.8, 4) is 17.0 Å². The van der Waals surface area contributed by atoms with Crippen molar-refractivity contribution in [3.05, 3.63) is 72.4 Å². The van der Waals surface area contributed by atoms with E-state index in [0.717, 1.165) is 54.1 Å². The summed E-state index contributed by atoms with van der Waals surface area (Å²) < 4.78 is 5.44. The molecule has 2 N–H and O–H groups in total. The summed E-state index contributed by atoms with van der Waals surface area (Å²) in [6.45, 7) is 2.16. The lowest BCUT2D eigenvalue weighted by atomic mass is 9.97. The fraction of sp³-hybridized carbons (Fsp3) is 0.296. The van der Waals surface area contributed by atoms with Gasteiger partial charge in [-0.2, -0.15) is 0 Å². The van der Waals surface area contributed by atoms with Crippen molar-refractivity contribution in [1.29, 1.82) is 0 Å². The molecule has 7 heteroatoms. The zero-order valence-corrected chi connectivity index (χ0v) is 19.3. The van der Waals surface area contributed by atoms with E-state index in [1.165, 1.54) is 10.9 Å². The molecule has 4 aromatic rings. The minimum Gasteiger partial charge on any atom is -0.496 e.